The van der Waals surface area contributed by atoms with Crippen LogP contribution in [0, 0.1) is 0 Å². The molecule has 0 bridgehead atoms. The topological polar surface area (TPSA) is 66.2 Å². The van der Waals surface area contributed by atoms with Crippen LogP contribution in [0.1, 0.15) is 5.56 Å². The number of hydrogen-bond acceptors (Lipinski definition) is 2. The lowest BCUT2D eigenvalue weighted by molar-refractivity contribution is -0.117. The lowest BCUT2D eigenvalue weighted by Crippen LogP contribution is -2.13. The molecule has 0 aliphatic heterocycles. The Morgan fingerprint density at radius 2 is 1.53 bits per heavy atom. The van der Waals surface area contributed by atoms with E-state index in [1.165, 1.54) is 0 Å². The average Bonchev–Trinajstić information content (AvgIpc) is 2.39. The van der Waals surface area contributed by atoms with Gasteiger partial charge in [0.2, 0.25) is 5.91 Å². The molecule has 0 aliphatic carbocycles. The van der Waals surface area contributed by atoms with E-state index in [2.05, 4.69) is 0 Å². The van der Waals surface area contributed by atoms with Crippen molar-refractivity contribution in [3.63, 3.8) is 0 Å². The summed E-state index contributed by atoms with van der Waals surface area (Å²) in [4.78, 5) is 12.2. The van der Waals surface area contributed by atoms with Crippen molar-refractivity contribution in [2.24, 2.45) is 5.73 Å². The largest absolute Gasteiger partial charge is 0.606 e. The van der Waals surface area contributed by atoms with Crippen LogP contribution in [0.15, 0.2) is 58.3 Å². The minimum atomic E-state index is -1.25. The first kappa shape index (κ1) is 13.9. The third-order valence-corrected chi connectivity index (χ3v) is 4.20. The molecule has 0 spiro atoms. The van der Waals surface area contributed by atoms with Gasteiger partial charge in [-0.05, 0) is 42.0 Å². The van der Waals surface area contributed by atoms with Crippen molar-refractivity contribution in [3.8, 4) is 0 Å². The van der Waals surface area contributed by atoms with Crippen molar-refractivity contribution in [2.75, 3.05) is 0 Å². The van der Waals surface area contributed by atoms with E-state index in [-0.39, 0.29) is 12.3 Å². The molecule has 1 unspecified atom stereocenters. The van der Waals surface area contributed by atoms with Crippen LogP contribution >= 0.6 is 11.6 Å². The lowest BCUT2D eigenvalue weighted by atomic mass is 10.1. The Kier molecular flexibility index (Phi) is 4.47. The predicted molar refractivity (Wildman–Crippen MR) is 75.5 cm³/mol. The molecule has 0 fully saturated rings. The maximum atomic E-state index is 12.3. The predicted octanol–water partition coefficient (Wildman–Crippen LogP) is 2.53. The Morgan fingerprint density at radius 1 is 1.05 bits per heavy atom. The SMILES string of the molecule is NC(=O)Cc1ccc([S+]([O-])c2ccc(Cl)cc2)cc1. The molecule has 19 heavy (non-hydrogen) atoms. The molecule has 0 aromatic heterocycles. The number of carbonyl (C=O) groups is 1. The summed E-state index contributed by atoms with van der Waals surface area (Å²) in [5.74, 6) is -0.383. The first-order valence-electron chi connectivity index (χ1n) is 5.61. The molecular weight excluding hydrogens is 282 g/mol. The molecule has 5 heteroatoms. The van der Waals surface area contributed by atoms with Crippen LogP contribution in [-0.2, 0) is 22.4 Å². The van der Waals surface area contributed by atoms with E-state index in [0.29, 0.717) is 14.8 Å². The van der Waals surface area contributed by atoms with Gasteiger partial charge in [0.15, 0.2) is 9.79 Å². The second kappa shape index (κ2) is 6.10. The van der Waals surface area contributed by atoms with E-state index in [9.17, 15) is 9.35 Å². The van der Waals surface area contributed by atoms with E-state index in [0.717, 1.165) is 5.56 Å². The number of halogens is 1. The molecule has 98 valence electrons. The van der Waals surface area contributed by atoms with Crippen LogP contribution in [0.4, 0.5) is 0 Å². The standard InChI is InChI=1S/C14H12ClNO2S/c15-11-3-7-13(8-4-11)19(18)12-5-1-10(2-6-12)9-14(16)17/h1-8H,9H2,(H2,16,17). The fourth-order valence-electron chi connectivity index (χ4n) is 1.63. The quantitative estimate of drug-likeness (QED) is 0.880. The van der Waals surface area contributed by atoms with Gasteiger partial charge < -0.3 is 10.3 Å². The van der Waals surface area contributed by atoms with Gasteiger partial charge in [0.05, 0.1) is 6.42 Å². The second-order valence-electron chi connectivity index (χ2n) is 4.01. The second-order valence-corrected chi connectivity index (χ2v) is 5.93. The van der Waals surface area contributed by atoms with E-state index in [4.69, 9.17) is 17.3 Å². The van der Waals surface area contributed by atoms with E-state index in [1.807, 2.05) is 0 Å². The molecule has 2 N–H and O–H groups in total. The van der Waals surface area contributed by atoms with Crippen LogP contribution in [0.25, 0.3) is 0 Å². The fraction of sp³-hybridized carbons (Fsp3) is 0.0714. The highest BCUT2D eigenvalue weighted by molar-refractivity contribution is 7.91. The Morgan fingerprint density at radius 3 is 2.00 bits per heavy atom. The van der Waals surface area contributed by atoms with Gasteiger partial charge in [-0.25, -0.2) is 0 Å². The van der Waals surface area contributed by atoms with Crippen LogP contribution in [-0.4, -0.2) is 10.5 Å². The summed E-state index contributed by atoms with van der Waals surface area (Å²) in [5, 5.41) is 0.609. The number of amides is 1. The molecule has 2 rings (SSSR count). The number of nitrogens with two attached hydrogens (primary N) is 1. The van der Waals surface area contributed by atoms with Crippen molar-refractivity contribution in [1.29, 1.82) is 0 Å². The Hall–Kier alpha value is -1.49. The van der Waals surface area contributed by atoms with E-state index >= 15 is 0 Å². The molecule has 3 nitrogen and oxygen atoms in total. The van der Waals surface area contributed by atoms with Crippen molar-refractivity contribution in [1.82, 2.24) is 0 Å². The van der Waals surface area contributed by atoms with Crippen molar-refractivity contribution >= 4 is 28.7 Å². The maximum Gasteiger partial charge on any atom is 0.221 e. The molecule has 2 aromatic rings. The summed E-state index contributed by atoms with van der Waals surface area (Å²) in [6.07, 6.45) is 0.188. The van der Waals surface area contributed by atoms with Crippen LogP contribution in [0.5, 0.6) is 0 Å². The molecule has 1 amide bonds. The van der Waals surface area contributed by atoms with Crippen molar-refractivity contribution in [3.05, 3.63) is 59.1 Å². The number of benzene rings is 2. The zero-order valence-electron chi connectivity index (χ0n) is 10.0. The Balaban J connectivity index is 2.17. The van der Waals surface area contributed by atoms with Gasteiger partial charge in [0, 0.05) is 16.2 Å². The first-order chi connectivity index (χ1) is 9.06. The minimum Gasteiger partial charge on any atom is -0.606 e. The normalized spacial score (nSPS) is 12.1. The Labute approximate surface area is 119 Å². The van der Waals surface area contributed by atoms with Gasteiger partial charge in [0.25, 0.3) is 0 Å². The number of carbonyl (C=O) groups excluding carboxylic acids is 1. The zero-order valence-corrected chi connectivity index (χ0v) is 11.6. The highest BCUT2D eigenvalue weighted by atomic mass is 35.5. The van der Waals surface area contributed by atoms with E-state index in [1.54, 1.807) is 48.5 Å². The molecule has 0 heterocycles. The van der Waals surface area contributed by atoms with Crippen molar-refractivity contribution in [2.45, 2.75) is 16.2 Å². The molecule has 0 saturated carbocycles. The van der Waals surface area contributed by atoms with Crippen LogP contribution in [0.2, 0.25) is 5.02 Å². The van der Waals surface area contributed by atoms with Gasteiger partial charge >= 0.3 is 0 Å². The third-order valence-electron chi connectivity index (χ3n) is 2.54. The van der Waals surface area contributed by atoms with Gasteiger partial charge in [0.1, 0.15) is 0 Å². The number of rotatable bonds is 4. The monoisotopic (exact) mass is 293 g/mol. The summed E-state index contributed by atoms with van der Waals surface area (Å²) in [6, 6.07) is 13.9. The highest BCUT2D eigenvalue weighted by Crippen LogP contribution is 2.22. The summed E-state index contributed by atoms with van der Waals surface area (Å²) >= 11 is 4.54. The fourth-order valence-corrected chi connectivity index (χ4v) is 2.79. The van der Waals surface area contributed by atoms with Crippen LogP contribution in [0.3, 0.4) is 0 Å². The van der Waals surface area contributed by atoms with Crippen molar-refractivity contribution < 1.29 is 9.35 Å². The molecular formula is C14H12ClNO2S. The Bertz CT molecular complexity index is 569. The molecule has 0 aliphatic rings. The lowest BCUT2D eigenvalue weighted by Gasteiger charge is -2.10. The minimum absolute atomic E-state index is 0.188. The summed E-state index contributed by atoms with van der Waals surface area (Å²) < 4.78 is 12.3. The molecule has 2 aromatic carbocycles. The number of hydrogen-bond donors (Lipinski definition) is 1. The maximum absolute atomic E-state index is 12.3. The smallest absolute Gasteiger partial charge is 0.221 e. The summed E-state index contributed by atoms with van der Waals surface area (Å²) in [5.41, 5.74) is 5.93. The molecule has 0 radical (unpaired) electrons. The van der Waals surface area contributed by atoms with Gasteiger partial charge in [-0.3, -0.25) is 4.79 Å². The van der Waals surface area contributed by atoms with Gasteiger partial charge in [-0.2, -0.15) is 0 Å². The van der Waals surface area contributed by atoms with Gasteiger partial charge in [-0.1, -0.05) is 23.7 Å². The average molecular weight is 294 g/mol. The van der Waals surface area contributed by atoms with Crippen LogP contribution < -0.4 is 5.73 Å². The molecule has 1 atom stereocenters. The van der Waals surface area contributed by atoms with Gasteiger partial charge in [-0.15, -0.1) is 0 Å². The molecule has 0 saturated heterocycles. The third kappa shape index (κ3) is 3.73. The zero-order chi connectivity index (χ0) is 13.8. The first-order valence-corrected chi connectivity index (χ1v) is 7.13. The number of primary amides is 1. The summed E-state index contributed by atoms with van der Waals surface area (Å²) in [6.45, 7) is 0. The summed E-state index contributed by atoms with van der Waals surface area (Å²) in [7, 11) is 0. The highest BCUT2D eigenvalue weighted by Gasteiger charge is 2.14. The van der Waals surface area contributed by atoms with E-state index < -0.39 is 11.2 Å².